The first-order valence-corrected chi connectivity index (χ1v) is 6.09. The van der Waals surface area contributed by atoms with Gasteiger partial charge in [0.25, 0.3) is 0 Å². The lowest BCUT2D eigenvalue weighted by Gasteiger charge is -2.08. The SMILES string of the molecule is NC(=O)c1ccc(OCCNCC2CC2)c(F)c1. The fourth-order valence-corrected chi connectivity index (χ4v) is 1.63. The highest BCUT2D eigenvalue weighted by molar-refractivity contribution is 5.92. The van der Waals surface area contributed by atoms with E-state index >= 15 is 0 Å². The number of halogens is 1. The summed E-state index contributed by atoms with van der Waals surface area (Å²) < 4.78 is 18.8. The molecule has 1 fully saturated rings. The molecule has 1 aliphatic rings. The smallest absolute Gasteiger partial charge is 0.248 e. The lowest BCUT2D eigenvalue weighted by Crippen LogP contribution is -2.23. The van der Waals surface area contributed by atoms with Crippen molar-refractivity contribution in [3.05, 3.63) is 29.6 Å². The average Bonchev–Trinajstić information content (AvgIpc) is 3.14. The first-order chi connectivity index (χ1) is 8.66. The number of hydrogen-bond donors (Lipinski definition) is 2. The van der Waals surface area contributed by atoms with E-state index in [9.17, 15) is 9.18 Å². The molecule has 0 bridgehead atoms. The molecule has 3 N–H and O–H groups in total. The van der Waals surface area contributed by atoms with Crippen molar-refractivity contribution in [2.45, 2.75) is 12.8 Å². The Bertz CT molecular complexity index is 433. The summed E-state index contributed by atoms with van der Waals surface area (Å²) in [4.78, 5) is 10.8. The van der Waals surface area contributed by atoms with E-state index in [0.717, 1.165) is 18.5 Å². The summed E-state index contributed by atoms with van der Waals surface area (Å²) in [6.07, 6.45) is 2.61. The van der Waals surface area contributed by atoms with E-state index in [1.165, 1.54) is 25.0 Å². The number of carbonyl (C=O) groups excluding carboxylic acids is 1. The van der Waals surface area contributed by atoms with Gasteiger partial charge in [-0.3, -0.25) is 4.79 Å². The lowest BCUT2D eigenvalue weighted by atomic mass is 10.2. The van der Waals surface area contributed by atoms with Gasteiger partial charge in [-0.25, -0.2) is 4.39 Å². The summed E-state index contributed by atoms with van der Waals surface area (Å²) in [6.45, 7) is 2.10. The molecule has 1 saturated carbocycles. The van der Waals surface area contributed by atoms with E-state index in [0.29, 0.717) is 13.2 Å². The molecule has 0 atom stereocenters. The summed E-state index contributed by atoms with van der Waals surface area (Å²) >= 11 is 0. The molecular weight excluding hydrogens is 235 g/mol. The second-order valence-corrected chi connectivity index (χ2v) is 4.51. The molecule has 18 heavy (non-hydrogen) atoms. The molecule has 1 aromatic rings. The van der Waals surface area contributed by atoms with Crippen LogP contribution < -0.4 is 15.8 Å². The van der Waals surface area contributed by atoms with Gasteiger partial charge in [-0.05, 0) is 43.5 Å². The van der Waals surface area contributed by atoms with Crippen LogP contribution in [0, 0.1) is 11.7 Å². The number of nitrogens with one attached hydrogen (secondary N) is 1. The van der Waals surface area contributed by atoms with Crippen molar-refractivity contribution in [2.24, 2.45) is 11.7 Å². The van der Waals surface area contributed by atoms with Crippen molar-refractivity contribution >= 4 is 5.91 Å². The maximum absolute atomic E-state index is 13.5. The van der Waals surface area contributed by atoms with Crippen molar-refractivity contribution in [1.29, 1.82) is 0 Å². The monoisotopic (exact) mass is 252 g/mol. The van der Waals surface area contributed by atoms with E-state index in [-0.39, 0.29) is 11.3 Å². The first kappa shape index (κ1) is 12.8. The minimum atomic E-state index is -0.647. The number of ether oxygens (including phenoxy) is 1. The summed E-state index contributed by atoms with van der Waals surface area (Å²) in [7, 11) is 0. The number of hydrogen-bond acceptors (Lipinski definition) is 3. The lowest BCUT2D eigenvalue weighted by molar-refractivity contribution is 0.1000. The topological polar surface area (TPSA) is 64.4 Å². The van der Waals surface area contributed by atoms with Crippen molar-refractivity contribution in [3.63, 3.8) is 0 Å². The second-order valence-electron chi connectivity index (χ2n) is 4.51. The van der Waals surface area contributed by atoms with Gasteiger partial charge in [0.15, 0.2) is 11.6 Å². The number of nitrogens with two attached hydrogens (primary N) is 1. The Labute approximate surface area is 105 Å². The molecule has 1 aromatic carbocycles. The van der Waals surface area contributed by atoms with Gasteiger partial charge in [0.1, 0.15) is 6.61 Å². The van der Waals surface area contributed by atoms with Crippen LogP contribution in [0.2, 0.25) is 0 Å². The summed E-state index contributed by atoms with van der Waals surface area (Å²) in [5, 5.41) is 3.25. The van der Waals surface area contributed by atoms with Crippen molar-refractivity contribution in [2.75, 3.05) is 19.7 Å². The van der Waals surface area contributed by atoms with Gasteiger partial charge in [-0.15, -0.1) is 0 Å². The number of rotatable bonds is 7. The molecule has 98 valence electrons. The van der Waals surface area contributed by atoms with Gasteiger partial charge in [-0.1, -0.05) is 0 Å². The molecule has 5 heteroatoms. The molecule has 0 aliphatic heterocycles. The van der Waals surface area contributed by atoms with E-state index in [1.54, 1.807) is 0 Å². The van der Waals surface area contributed by atoms with Crippen LogP contribution in [-0.4, -0.2) is 25.6 Å². The predicted molar refractivity (Wildman–Crippen MR) is 66.0 cm³/mol. The third kappa shape index (κ3) is 3.70. The van der Waals surface area contributed by atoms with Crippen LogP contribution in [0.3, 0.4) is 0 Å². The van der Waals surface area contributed by atoms with Crippen molar-refractivity contribution in [1.82, 2.24) is 5.32 Å². The van der Waals surface area contributed by atoms with Gasteiger partial charge in [0.05, 0.1) is 0 Å². The van der Waals surface area contributed by atoms with E-state index in [1.807, 2.05) is 0 Å². The van der Waals surface area contributed by atoms with Gasteiger partial charge in [0.2, 0.25) is 5.91 Å². The van der Waals surface area contributed by atoms with Gasteiger partial charge >= 0.3 is 0 Å². The number of carbonyl (C=O) groups is 1. The van der Waals surface area contributed by atoms with Crippen LogP contribution in [0.4, 0.5) is 4.39 Å². The fourth-order valence-electron chi connectivity index (χ4n) is 1.63. The van der Waals surface area contributed by atoms with Gasteiger partial charge in [0, 0.05) is 12.1 Å². The first-order valence-electron chi connectivity index (χ1n) is 6.09. The molecule has 1 aliphatic carbocycles. The van der Waals surface area contributed by atoms with E-state index in [4.69, 9.17) is 10.5 Å². The standard InChI is InChI=1S/C13H17FN2O2/c14-11-7-10(13(15)17)3-4-12(11)18-6-5-16-8-9-1-2-9/h3-4,7,9,16H,1-2,5-6,8H2,(H2,15,17). The molecule has 0 saturated heterocycles. The fraction of sp³-hybridized carbons (Fsp3) is 0.462. The highest BCUT2D eigenvalue weighted by Gasteiger charge is 2.19. The molecule has 0 spiro atoms. The predicted octanol–water partition coefficient (Wildman–Crippen LogP) is 1.30. The van der Waals surface area contributed by atoms with Crippen LogP contribution in [-0.2, 0) is 0 Å². The maximum atomic E-state index is 13.5. The van der Waals surface area contributed by atoms with Crippen LogP contribution in [0.15, 0.2) is 18.2 Å². The van der Waals surface area contributed by atoms with Crippen molar-refractivity contribution < 1.29 is 13.9 Å². The van der Waals surface area contributed by atoms with Crippen LogP contribution in [0.25, 0.3) is 0 Å². The van der Waals surface area contributed by atoms with Gasteiger partial charge < -0.3 is 15.8 Å². The Morgan fingerprint density at radius 2 is 2.28 bits per heavy atom. The molecule has 0 heterocycles. The quantitative estimate of drug-likeness (QED) is 0.719. The molecule has 2 rings (SSSR count). The van der Waals surface area contributed by atoms with E-state index < -0.39 is 11.7 Å². The molecular formula is C13H17FN2O2. The van der Waals surface area contributed by atoms with Crippen molar-refractivity contribution in [3.8, 4) is 5.75 Å². The minimum Gasteiger partial charge on any atom is -0.489 e. The van der Waals surface area contributed by atoms with Crippen LogP contribution in [0.5, 0.6) is 5.75 Å². The molecule has 0 unspecified atom stereocenters. The number of benzene rings is 1. The van der Waals surface area contributed by atoms with E-state index in [2.05, 4.69) is 5.32 Å². The third-order valence-corrected chi connectivity index (χ3v) is 2.88. The zero-order valence-electron chi connectivity index (χ0n) is 10.1. The minimum absolute atomic E-state index is 0.145. The number of primary amides is 1. The Morgan fingerprint density at radius 3 is 2.89 bits per heavy atom. The average molecular weight is 252 g/mol. The Kier molecular flexibility index (Phi) is 4.15. The second kappa shape index (κ2) is 5.82. The number of amides is 1. The maximum Gasteiger partial charge on any atom is 0.248 e. The van der Waals surface area contributed by atoms with Crippen LogP contribution >= 0.6 is 0 Å². The zero-order chi connectivity index (χ0) is 13.0. The zero-order valence-corrected chi connectivity index (χ0v) is 10.1. The molecule has 1 amide bonds. The summed E-state index contributed by atoms with van der Waals surface area (Å²) in [6, 6.07) is 3.98. The molecule has 0 aromatic heterocycles. The molecule has 0 radical (unpaired) electrons. The molecule has 4 nitrogen and oxygen atoms in total. The highest BCUT2D eigenvalue weighted by Crippen LogP contribution is 2.27. The highest BCUT2D eigenvalue weighted by atomic mass is 19.1. The largest absolute Gasteiger partial charge is 0.489 e. The van der Waals surface area contributed by atoms with Gasteiger partial charge in [-0.2, -0.15) is 0 Å². The van der Waals surface area contributed by atoms with Crippen LogP contribution in [0.1, 0.15) is 23.2 Å². The third-order valence-electron chi connectivity index (χ3n) is 2.88. The Balaban J connectivity index is 1.75. The Morgan fingerprint density at radius 1 is 1.50 bits per heavy atom. The summed E-state index contributed by atoms with van der Waals surface area (Å²) in [5.74, 6) is -0.246. The Hall–Kier alpha value is -1.62. The normalized spacial score (nSPS) is 14.5. The summed E-state index contributed by atoms with van der Waals surface area (Å²) in [5.41, 5.74) is 5.20.